The fourth-order valence-electron chi connectivity index (χ4n) is 2.88. The van der Waals surface area contributed by atoms with E-state index in [9.17, 15) is 4.79 Å². The van der Waals surface area contributed by atoms with Crippen LogP contribution < -0.4 is 10.2 Å². The highest BCUT2D eigenvalue weighted by atomic mass is 16.1. The van der Waals surface area contributed by atoms with Crippen LogP contribution in [0.4, 0.5) is 11.4 Å². The second-order valence-corrected chi connectivity index (χ2v) is 6.97. The third-order valence-electron chi connectivity index (χ3n) is 4.51. The lowest BCUT2D eigenvalue weighted by Crippen LogP contribution is -2.18. The van der Waals surface area contributed by atoms with Crippen molar-refractivity contribution < 1.29 is 4.79 Å². The van der Waals surface area contributed by atoms with E-state index < -0.39 is 0 Å². The van der Waals surface area contributed by atoms with E-state index >= 15 is 0 Å². The third-order valence-corrected chi connectivity index (χ3v) is 4.51. The van der Waals surface area contributed by atoms with Crippen LogP contribution in [0.2, 0.25) is 0 Å². The van der Waals surface area contributed by atoms with E-state index in [1.807, 2.05) is 61.6 Å². The van der Waals surface area contributed by atoms with Crippen LogP contribution >= 0.6 is 0 Å². The summed E-state index contributed by atoms with van der Waals surface area (Å²) in [5, 5.41) is 2.92. The van der Waals surface area contributed by atoms with Crippen molar-refractivity contribution in [3.05, 3.63) is 89.7 Å². The molecule has 1 amide bonds. The van der Waals surface area contributed by atoms with Crippen LogP contribution in [-0.4, -0.2) is 17.9 Å². The maximum Gasteiger partial charge on any atom is 0.274 e. The third kappa shape index (κ3) is 4.94. The molecule has 0 saturated heterocycles. The van der Waals surface area contributed by atoms with Gasteiger partial charge in [0.1, 0.15) is 5.69 Å². The topological polar surface area (TPSA) is 45.2 Å². The summed E-state index contributed by atoms with van der Waals surface area (Å²) in [6.45, 7) is 5.06. The van der Waals surface area contributed by atoms with Crippen molar-refractivity contribution >= 4 is 17.3 Å². The highest BCUT2D eigenvalue weighted by Crippen LogP contribution is 2.19. The summed E-state index contributed by atoms with van der Waals surface area (Å²) in [4.78, 5) is 18.9. The predicted molar refractivity (Wildman–Crippen MR) is 111 cm³/mol. The molecular formula is C23H25N3O. The SMILES string of the molecule is CC(C)c1ccc(NC(=O)c2cc(N(C)Cc3ccccc3)ccn2)cc1. The molecule has 0 spiro atoms. The van der Waals surface area contributed by atoms with Gasteiger partial charge in [-0.3, -0.25) is 9.78 Å². The maximum absolute atomic E-state index is 12.6. The Morgan fingerprint density at radius 1 is 1.04 bits per heavy atom. The molecule has 0 atom stereocenters. The molecule has 0 bridgehead atoms. The van der Waals surface area contributed by atoms with E-state index in [1.54, 1.807) is 6.20 Å². The minimum atomic E-state index is -0.206. The molecule has 0 unspecified atom stereocenters. The first-order valence-electron chi connectivity index (χ1n) is 9.15. The van der Waals surface area contributed by atoms with Gasteiger partial charge in [0, 0.05) is 31.2 Å². The van der Waals surface area contributed by atoms with Crippen LogP contribution in [0.15, 0.2) is 72.9 Å². The average Bonchev–Trinajstić information content (AvgIpc) is 2.69. The van der Waals surface area contributed by atoms with E-state index in [0.717, 1.165) is 17.9 Å². The van der Waals surface area contributed by atoms with E-state index in [-0.39, 0.29) is 5.91 Å². The molecule has 4 heteroatoms. The number of hydrogen-bond donors (Lipinski definition) is 1. The number of hydrogen-bond acceptors (Lipinski definition) is 3. The van der Waals surface area contributed by atoms with E-state index in [2.05, 4.69) is 41.2 Å². The van der Waals surface area contributed by atoms with Gasteiger partial charge >= 0.3 is 0 Å². The molecule has 0 radical (unpaired) electrons. The molecule has 3 rings (SSSR count). The highest BCUT2D eigenvalue weighted by Gasteiger charge is 2.11. The molecular weight excluding hydrogens is 334 g/mol. The first-order valence-corrected chi connectivity index (χ1v) is 9.15. The van der Waals surface area contributed by atoms with Gasteiger partial charge in [0.05, 0.1) is 0 Å². The molecule has 27 heavy (non-hydrogen) atoms. The monoisotopic (exact) mass is 359 g/mol. The summed E-state index contributed by atoms with van der Waals surface area (Å²) in [7, 11) is 2.01. The normalized spacial score (nSPS) is 10.7. The Hall–Kier alpha value is -3.14. The van der Waals surface area contributed by atoms with Crippen molar-refractivity contribution in [1.29, 1.82) is 0 Å². The number of amides is 1. The van der Waals surface area contributed by atoms with Gasteiger partial charge in [0.2, 0.25) is 0 Å². The Labute approximate surface area is 160 Å². The minimum Gasteiger partial charge on any atom is -0.370 e. The number of carbonyl (C=O) groups excluding carboxylic acids is 1. The van der Waals surface area contributed by atoms with Gasteiger partial charge in [-0.05, 0) is 41.3 Å². The number of nitrogens with zero attached hydrogens (tertiary/aromatic N) is 2. The maximum atomic E-state index is 12.6. The Morgan fingerprint density at radius 2 is 1.74 bits per heavy atom. The standard InChI is InChI=1S/C23H25N3O/c1-17(2)19-9-11-20(12-10-19)25-23(27)22-15-21(13-14-24-22)26(3)16-18-7-5-4-6-8-18/h4-15,17H,16H2,1-3H3,(H,25,27). The number of benzene rings is 2. The molecule has 2 aromatic carbocycles. The summed E-state index contributed by atoms with van der Waals surface area (Å²) in [6, 6.07) is 21.9. The van der Waals surface area contributed by atoms with Crippen LogP contribution in [0, 0.1) is 0 Å². The molecule has 4 nitrogen and oxygen atoms in total. The minimum absolute atomic E-state index is 0.206. The predicted octanol–water partition coefficient (Wildman–Crippen LogP) is 5.09. The zero-order valence-corrected chi connectivity index (χ0v) is 16.0. The van der Waals surface area contributed by atoms with Gasteiger partial charge in [-0.15, -0.1) is 0 Å². The fraction of sp³-hybridized carbons (Fsp3) is 0.217. The molecule has 0 aliphatic heterocycles. The summed E-state index contributed by atoms with van der Waals surface area (Å²) in [5.74, 6) is 0.260. The van der Waals surface area contributed by atoms with Gasteiger partial charge in [-0.2, -0.15) is 0 Å². The van der Waals surface area contributed by atoms with Gasteiger partial charge in [-0.25, -0.2) is 0 Å². The largest absolute Gasteiger partial charge is 0.370 e. The number of carbonyl (C=O) groups is 1. The molecule has 1 heterocycles. The Kier molecular flexibility index (Phi) is 5.87. The molecule has 138 valence electrons. The van der Waals surface area contributed by atoms with Crippen molar-refractivity contribution in [3.63, 3.8) is 0 Å². The molecule has 0 aliphatic rings. The van der Waals surface area contributed by atoms with Gasteiger partial charge in [0.15, 0.2) is 0 Å². The summed E-state index contributed by atoms with van der Waals surface area (Å²) in [6.07, 6.45) is 1.67. The van der Waals surface area contributed by atoms with Crippen LogP contribution in [-0.2, 0) is 6.54 Å². The highest BCUT2D eigenvalue weighted by molar-refractivity contribution is 6.03. The number of aromatic nitrogens is 1. The fourth-order valence-corrected chi connectivity index (χ4v) is 2.88. The van der Waals surface area contributed by atoms with Crippen LogP contribution in [0.25, 0.3) is 0 Å². The molecule has 0 saturated carbocycles. The van der Waals surface area contributed by atoms with Crippen LogP contribution in [0.1, 0.15) is 41.4 Å². The van der Waals surface area contributed by atoms with Gasteiger partial charge in [0.25, 0.3) is 5.91 Å². The Bertz CT molecular complexity index is 889. The average molecular weight is 359 g/mol. The summed E-state index contributed by atoms with van der Waals surface area (Å²) >= 11 is 0. The quantitative estimate of drug-likeness (QED) is 0.666. The van der Waals surface area contributed by atoms with E-state index in [1.165, 1.54) is 11.1 Å². The summed E-state index contributed by atoms with van der Waals surface area (Å²) in [5.41, 5.74) is 4.59. The molecule has 0 aliphatic carbocycles. The number of nitrogens with one attached hydrogen (secondary N) is 1. The molecule has 1 aromatic heterocycles. The second kappa shape index (κ2) is 8.49. The molecule has 0 fully saturated rings. The summed E-state index contributed by atoms with van der Waals surface area (Å²) < 4.78 is 0. The lowest BCUT2D eigenvalue weighted by Gasteiger charge is -2.19. The van der Waals surface area contributed by atoms with Crippen LogP contribution in [0.5, 0.6) is 0 Å². The van der Waals surface area contributed by atoms with Crippen molar-refractivity contribution in [1.82, 2.24) is 4.98 Å². The van der Waals surface area contributed by atoms with Gasteiger partial charge in [-0.1, -0.05) is 56.3 Å². The zero-order valence-electron chi connectivity index (χ0n) is 16.0. The lowest BCUT2D eigenvalue weighted by atomic mass is 10.0. The second-order valence-electron chi connectivity index (χ2n) is 6.97. The Morgan fingerprint density at radius 3 is 2.41 bits per heavy atom. The number of anilines is 2. The number of rotatable bonds is 6. The van der Waals surface area contributed by atoms with Crippen LogP contribution in [0.3, 0.4) is 0 Å². The Balaban J connectivity index is 1.69. The zero-order chi connectivity index (χ0) is 19.2. The van der Waals surface area contributed by atoms with Crippen molar-refractivity contribution in [3.8, 4) is 0 Å². The first-order chi connectivity index (χ1) is 13.0. The van der Waals surface area contributed by atoms with Crippen molar-refractivity contribution in [2.45, 2.75) is 26.3 Å². The smallest absolute Gasteiger partial charge is 0.274 e. The van der Waals surface area contributed by atoms with Crippen molar-refractivity contribution in [2.75, 3.05) is 17.3 Å². The molecule has 1 N–H and O–H groups in total. The van der Waals surface area contributed by atoms with Gasteiger partial charge < -0.3 is 10.2 Å². The first kappa shape index (κ1) is 18.6. The van der Waals surface area contributed by atoms with E-state index in [0.29, 0.717) is 11.6 Å². The van der Waals surface area contributed by atoms with Crippen molar-refractivity contribution in [2.24, 2.45) is 0 Å². The number of pyridine rings is 1. The molecule has 3 aromatic rings. The van der Waals surface area contributed by atoms with E-state index in [4.69, 9.17) is 0 Å². The lowest BCUT2D eigenvalue weighted by molar-refractivity contribution is 0.102.